The molecule has 0 unspecified atom stereocenters. The molecule has 0 aliphatic rings. The summed E-state index contributed by atoms with van der Waals surface area (Å²) in [5.74, 6) is -1.19. The summed E-state index contributed by atoms with van der Waals surface area (Å²) in [4.78, 5) is 41.4. The Hall–Kier alpha value is -4.67. The van der Waals surface area contributed by atoms with Gasteiger partial charge in [0, 0.05) is 23.3 Å². The Morgan fingerprint density at radius 1 is 0.953 bits per heavy atom. The van der Waals surface area contributed by atoms with Crippen LogP contribution in [0.4, 0.5) is 40.1 Å². The molecule has 0 spiro atoms. The van der Waals surface area contributed by atoms with Gasteiger partial charge in [-0.2, -0.15) is 28.2 Å². The third-order valence-electron chi connectivity index (χ3n) is 5.00. The van der Waals surface area contributed by atoms with E-state index in [4.69, 9.17) is 9.47 Å². The van der Waals surface area contributed by atoms with Crippen LogP contribution in [0.15, 0.2) is 47.5 Å². The molecular weight excluding hydrogens is 593 g/mol. The lowest BCUT2D eigenvalue weighted by Crippen LogP contribution is -2.44. The molecule has 0 aromatic carbocycles. The first-order valence-electron chi connectivity index (χ1n) is 12.6. The standard InChI is InChI=1S/C26H27F3N8O5S/c1-24(2,3)40-22(38)37(23(39)41-25(4,5)6)15-11-18(34-32-12-15)36(19-13-30-9-10-31-19)14-16-7-8-17(43-16)20-33-21(42-35-20)26(27,28)29/h7-13H,14H2,1-6H3. The molecule has 0 bridgehead atoms. The normalized spacial score (nSPS) is 12.1. The average molecular weight is 621 g/mol. The van der Waals surface area contributed by atoms with E-state index >= 15 is 0 Å². The minimum absolute atomic E-state index is 0.000682. The predicted octanol–water partition coefficient (Wildman–Crippen LogP) is 6.41. The number of halogens is 3. The van der Waals surface area contributed by atoms with Crippen LogP contribution in [0.25, 0.3) is 10.7 Å². The fraction of sp³-hybridized carbons (Fsp3) is 0.385. The Bertz CT molecular complexity index is 1550. The second-order valence-electron chi connectivity index (χ2n) is 10.9. The molecule has 0 fully saturated rings. The van der Waals surface area contributed by atoms with Crippen molar-refractivity contribution in [2.24, 2.45) is 0 Å². The van der Waals surface area contributed by atoms with Crippen molar-refractivity contribution in [1.82, 2.24) is 30.3 Å². The lowest BCUT2D eigenvalue weighted by Gasteiger charge is -2.29. The highest BCUT2D eigenvalue weighted by Gasteiger charge is 2.39. The van der Waals surface area contributed by atoms with Crippen LogP contribution in [-0.2, 0) is 22.2 Å². The van der Waals surface area contributed by atoms with Gasteiger partial charge in [0.2, 0.25) is 5.82 Å². The van der Waals surface area contributed by atoms with Crippen molar-refractivity contribution in [3.8, 4) is 10.7 Å². The Morgan fingerprint density at radius 3 is 2.19 bits per heavy atom. The van der Waals surface area contributed by atoms with Gasteiger partial charge in [0.05, 0.1) is 29.5 Å². The molecule has 43 heavy (non-hydrogen) atoms. The number of anilines is 3. The minimum Gasteiger partial charge on any atom is -0.443 e. The van der Waals surface area contributed by atoms with Gasteiger partial charge < -0.3 is 18.9 Å². The van der Waals surface area contributed by atoms with Crippen LogP contribution in [0.3, 0.4) is 0 Å². The SMILES string of the molecule is CC(C)(C)OC(=O)N(C(=O)OC(C)(C)C)c1cnnc(N(Cc2ccc(-c3noc(C(F)(F)F)n3)s2)c2cnccn2)c1. The molecule has 4 rings (SSSR count). The molecule has 0 N–H and O–H groups in total. The van der Waals surface area contributed by atoms with Gasteiger partial charge in [-0.3, -0.25) is 4.98 Å². The van der Waals surface area contributed by atoms with Crippen LogP contribution < -0.4 is 9.80 Å². The van der Waals surface area contributed by atoms with Gasteiger partial charge in [-0.05, 0) is 53.7 Å². The van der Waals surface area contributed by atoms with Crippen LogP contribution in [0.1, 0.15) is 52.3 Å². The molecule has 0 atom stereocenters. The highest BCUT2D eigenvalue weighted by atomic mass is 32.1. The minimum atomic E-state index is -4.77. The molecule has 0 radical (unpaired) electrons. The fourth-order valence-corrected chi connectivity index (χ4v) is 4.31. The van der Waals surface area contributed by atoms with Gasteiger partial charge in [0.15, 0.2) is 11.6 Å². The van der Waals surface area contributed by atoms with Crippen molar-refractivity contribution in [3.05, 3.63) is 53.8 Å². The maximum atomic E-state index is 13.2. The number of ether oxygens (including phenoxy) is 2. The highest BCUT2D eigenvalue weighted by Crippen LogP contribution is 2.34. The van der Waals surface area contributed by atoms with Crippen LogP contribution in [-0.4, -0.2) is 53.7 Å². The Labute approximate surface area is 247 Å². The second kappa shape index (κ2) is 11.9. The monoisotopic (exact) mass is 620 g/mol. The number of nitrogens with zero attached hydrogens (tertiary/aromatic N) is 8. The van der Waals surface area contributed by atoms with E-state index in [1.807, 2.05) is 0 Å². The lowest BCUT2D eigenvalue weighted by molar-refractivity contribution is -0.159. The summed E-state index contributed by atoms with van der Waals surface area (Å²) >= 11 is 1.11. The van der Waals surface area contributed by atoms with Crippen molar-refractivity contribution in [2.75, 3.05) is 9.80 Å². The van der Waals surface area contributed by atoms with E-state index in [1.54, 1.807) is 58.6 Å². The topological polar surface area (TPSA) is 150 Å². The number of imide groups is 1. The van der Waals surface area contributed by atoms with Crippen molar-refractivity contribution < 1.29 is 36.8 Å². The van der Waals surface area contributed by atoms with Gasteiger partial charge in [0.25, 0.3) is 0 Å². The first kappa shape index (κ1) is 31.3. The van der Waals surface area contributed by atoms with Gasteiger partial charge in [0.1, 0.15) is 11.2 Å². The van der Waals surface area contributed by atoms with E-state index in [-0.39, 0.29) is 23.9 Å². The largest absolute Gasteiger partial charge is 0.471 e. The molecule has 4 aromatic heterocycles. The molecule has 4 aromatic rings. The van der Waals surface area contributed by atoms with Crippen LogP contribution in [0.5, 0.6) is 0 Å². The number of alkyl halides is 3. The quantitative estimate of drug-likeness (QED) is 0.234. The summed E-state index contributed by atoms with van der Waals surface area (Å²) in [5, 5.41) is 11.6. The van der Waals surface area contributed by atoms with Crippen LogP contribution in [0.2, 0.25) is 0 Å². The first-order valence-corrected chi connectivity index (χ1v) is 13.4. The maximum Gasteiger partial charge on any atom is 0.471 e. The Kier molecular flexibility index (Phi) is 8.66. The molecule has 13 nitrogen and oxygen atoms in total. The van der Waals surface area contributed by atoms with Crippen molar-refractivity contribution in [2.45, 2.75) is 65.5 Å². The number of aromatic nitrogens is 6. The molecule has 0 aliphatic heterocycles. The second-order valence-corrected chi connectivity index (χ2v) is 12.1. The van der Waals surface area contributed by atoms with Gasteiger partial charge in [-0.1, -0.05) is 5.16 Å². The maximum absolute atomic E-state index is 13.2. The summed E-state index contributed by atoms with van der Waals surface area (Å²) in [6.45, 7) is 9.99. The molecule has 228 valence electrons. The Balaban J connectivity index is 1.70. The summed E-state index contributed by atoms with van der Waals surface area (Å²) in [6.07, 6.45) is -1.19. The highest BCUT2D eigenvalue weighted by molar-refractivity contribution is 7.15. The summed E-state index contributed by atoms with van der Waals surface area (Å²) in [7, 11) is 0. The number of hydrogen-bond acceptors (Lipinski definition) is 13. The van der Waals surface area contributed by atoms with E-state index in [9.17, 15) is 22.8 Å². The summed E-state index contributed by atoms with van der Waals surface area (Å²) < 4.78 is 54.0. The van der Waals surface area contributed by atoms with Gasteiger partial charge >= 0.3 is 24.3 Å². The first-order chi connectivity index (χ1) is 20.0. The van der Waals surface area contributed by atoms with Crippen LogP contribution >= 0.6 is 11.3 Å². The molecule has 0 aliphatic carbocycles. The van der Waals surface area contributed by atoms with E-state index in [1.165, 1.54) is 30.9 Å². The number of carbonyl (C=O) groups is 2. The summed E-state index contributed by atoms with van der Waals surface area (Å²) in [6, 6.07) is 4.63. The molecule has 0 saturated carbocycles. The fourth-order valence-electron chi connectivity index (χ4n) is 3.39. The van der Waals surface area contributed by atoms with Crippen molar-refractivity contribution >= 4 is 40.8 Å². The zero-order chi connectivity index (χ0) is 31.6. The van der Waals surface area contributed by atoms with Crippen molar-refractivity contribution in [1.29, 1.82) is 0 Å². The number of carbonyl (C=O) groups excluding carboxylic acids is 2. The van der Waals surface area contributed by atoms with E-state index in [0.29, 0.717) is 20.5 Å². The molecule has 4 heterocycles. The number of amides is 2. The predicted molar refractivity (Wildman–Crippen MR) is 147 cm³/mol. The van der Waals surface area contributed by atoms with Gasteiger partial charge in [-0.15, -0.1) is 16.4 Å². The van der Waals surface area contributed by atoms with E-state index < -0.39 is 35.5 Å². The number of thiophene rings is 1. The zero-order valence-electron chi connectivity index (χ0n) is 23.9. The smallest absolute Gasteiger partial charge is 0.443 e. The number of rotatable bonds is 6. The third-order valence-corrected chi connectivity index (χ3v) is 6.07. The third kappa shape index (κ3) is 8.21. The van der Waals surface area contributed by atoms with E-state index in [0.717, 1.165) is 11.3 Å². The average Bonchev–Trinajstić information content (AvgIpc) is 3.56. The van der Waals surface area contributed by atoms with E-state index in [2.05, 4.69) is 34.8 Å². The molecule has 17 heteroatoms. The van der Waals surface area contributed by atoms with Crippen molar-refractivity contribution in [3.63, 3.8) is 0 Å². The van der Waals surface area contributed by atoms with Crippen LogP contribution in [0, 0.1) is 0 Å². The number of hydrogen-bond donors (Lipinski definition) is 0. The molecule has 2 amide bonds. The summed E-state index contributed by atoms with van der Waals surface area (Å²) in [5.41, 5.74) is -1.85. The molecule has 0 saturated heterocycles. The van der Waals surface area contributed by atoms with Gasteiger partial charge in [-0.25, -0.2) is 14.6 Å². The lowest BCUT2D eigenvalue weighted by atomic mass is 10.2. The molecular formula is C26H27F3N8O5S. The zero-order valence-corrected chi connectivity index (χ0v) is 24.7. The Morgan fingerprint density at radius 2 is 1.63 bits per heavy atom.